The molecule has 1 amide bonds. The van der Waals surface area contributed by atoms with Gasteiger partial charge < -0.3 is 5.32 Å². The molecule has 1 atom stereocenters. The lowest BCUT2D eigenvalue weighted by molar-refractivity contribution is -0.137. The topological polar surface area (TPSA) is 89.8 Å². The number of rotatable bonds is 4. The largest absolute Gasteiger partial charge is 0.416 e. The predicted molar refractivity (Wildman–Crippen MR) is 96.1 cm³/mol. The molecular formula is C19H14F3N5O2. The molecule has 4 rings (SSSR count). The molecule has 2 heterocycles. The monoisotopic (exact) mass is 401 g/mol. The second-order valence-corrected chi connectivity index (χ2v) is 6.66. The van der Waals surface area contributed by atoms with E-state index in [9.17, 15) is 22.8 Å². The smallest absolute Gasteiger partial charge is 0.325 e. The number of nitrogens with one attached hydrogen (secondary N) is 1. The van der Waals surface area contributed by atoms with E-state index >= 15 is 0 Å². The number of ketones is 1. The van der Waals surface area contributed by atoms with E-state index in [0.717, 1.165) is 22.5 Å². The fraction of sp³-hybridized carbons (Fsp3) is 0.211. The number of aromatic nitrogens is 4. The number of carbonyl (C=O) groups is 2. The molecule has 2 aromatic carbocycles. The van der Waals surface area contributed by atoms with Gasteiger partial charge in [-0.05, 0) is 48.0 Å². The Labute approximate surface area is 162 Å². The zero-order chi connectivity index (χ0) is 20.8. The van der Waals surface area contributed by atoms with Gasteiger partial charge in [-0.25, -0.2) is 0 Å². The van der Waals surface area contributed by atoms with Crippen molar-refractivity contribution in [3.8, 4) is 11.4 Å². The van der Waals surface area contributed by atoms with Crippen LogP contribution >= 0.6 is 0 Å². The van der Waals surface area contributed by atoms with Crippen LogP contribution in [-0.2, 0) is 17.5 Å². The molecular weight excluding hydrogens is 387 g/mol. The van der Waals surface area contributed by atoms with Crippen molar-refractivity contribution in [3.63, 3.8) is 0 Å². The Morgan fingerprint density at radius 1 is 1.21 bits per heavy atom. The minimum Gasteiger partial charge on any atom is -0.325 e. The van der Waals surface area contributed by atoms with Gasteiger partial charge in [0, 0.05) is 16.8 Å². The molecule has 0 spiro atoms. The first kappa shape index (κ1) is 18.8. The van der Waals surface area contributed by atoms with Gasteiger partial charge in [0.2, 0.25) is 11.7 Å². The van der Waals surface area contributed by atoms with Crippen LogP contribution in [0.4, 0.5) is 18.9 Å². The van der Waals surface area contributed by atoms with E-state index in [1.165, 1.54) is 12.1 Å². The number of fused-ring (bicyclic) bond motifs is 1. The summed E-state index contributed by atoms with van der Waals surface area (Å²) in [5.74, 6) is -0.809. The molecule has 1 aliphatic heterocycles. The Morgan fingerprint density at radius 3 is 2.76 bits per heavy atom. The van der Waals surface area contributed by atoms with E-state index in [0.29, 0.717) is 11.3 Å². The molecule has 0 unspecified atom stereocenters. The van der Waals surface area contributed by atoms with Crippen molar-refractivity contribution >= 4 is 17.4 Å². The summed E-state index contributed by atoms with van der Waals surface area (Å²) in [7, 11) is 0. The minimum atomic E-state index is -4.48. The highest BCUT2D eigenvalue weighted by atomic mass is 19.4. The quantitative estimate of drug-likeness (QED) is 0.678. The van der Waals surface area contributed by atoms with Crippen molar-refractivity contribution in [1.29, 1.82) is 0 Å². The maximum absolute atomic E-state index is 12.9. The Hall–Kier alpha value is -3.56. The van der Waals surface area contributed by atoms with Gasteiger partial charge in [0.25, 0.3) is 0 Å². The summed E-state index contributed by atoms with van der Waals surface area (Å²) in [6.45, 7) is 1.51. The fourth-order valence-corrected chi connectivity index (χ4v) is 3.07. The first-order chi connectivity index (χ1) is 13.7. The van der Waals surface area contributed by atoms with Crippen molar-refractivity contribution in [2.75, 3.05) is 5.32 Å². The lowest BCUT2D eigenvalue weighted by atomic mass is 9.99. The molecule has 0 radical (unpaired) electrons. The first-order valence-corrected chi connectivity index (χ1v) is 8.66. The van der Waals surface area contributed by atoms with Gasteiger partial charge in [-0.15, -0.1) is 10.2 Å². The number of anilines is 1. The number of alkyl halides is 3. The van der Waals surface area contributed by atoms with E-state index in [4.69, 9.17) is 0 Å². The van der Waals surface area contributed by atoms with Gasteiger partial charge in [0.15, 0.2) is 5.78 Å². The van der Waals surface area contributed by atoms with Crippen LogP contribution < -0.4 is 5.32 Å². The lowest BCUT2D eigenvalue weighted by Gasteiger charge is -2.06. The Kier molecular flexibility index (Phi) is 4.40. The predicted octanol–water partition coefficient (Wildman–Crippen LogP) is 3.30. The number of hydrogen-bond acceptors (Lipinski definition) is 5. The zero-order valence-electron chi connectivity index (χ0n) is 15.1. The number of hydrogen-bond donors (Lipinski definition) is 1. The van der Waals surface area contributed by atoms with Crippen molar-refractivity contribution < 1.29 is 22.8 Å². The van der Waals surface area contributed by atoms with E-state index in [1.54, 1.807) is 25.1 Å². The molecule has 0 saturated carbocycles. The van der Waals surface area contributed by atoms with Gasteiger partial charge in [0.1, 0.15) is 6.54 Å². The Balaban J connectivity index is 1.53. The van der Waals surface area contributed by atoms with Gasteiger partial charge in [-0.1, -0.05) is 12.1 Å². The average Bonchev–Trinajstić information content (AvgIpc) is 3.26. The van der Waals surface area contributed by atoms with Crippen LogP contribution in [0, 0.1) is 0 Å². The van der Waals surface area contributed by atoms with E-state index in [1.807, 2.05) is 0 Å². The van der Waals surface area contributed by atoms with Crippen LogP contribution in [0.5, 0.6) is 0 Å². The molecule has 0 fully saturated rings. The summed E-state index contributed by atoms with van der Waals surface area (Å²) in [5, 5.41) is 14.2. The van der Waals surface area contributed by atoms with Crippen molar-refractivity contribution in [2.45, 2.75) is 25.6 Å². The second kappa shape index (κ2) is 6.80. The highest BCUT2D eigenvalue weighted by molar-refractivity contribution is 6.04. The summed E-state index contributed by atoms with van der Waals surface area (Å²) in [5.41, 5.74) is 1.11. The van der Waals surface area contributed by atoms with E-state index in [-0.39, 0.29) is 35.5 Å². The molecule has 3 aromatic rings. The SMILES string of the molecule is C[C@H]1C(=O)Nc2ccc(C(=O)Cn3nnc(-c4cccc(C(F)(F)F)c4)n3)cc21. The first-order valence-electron chi connectivity index (χ1n) is 8.66. The van der Waals surface area contributed by atoms with Crippen molar-refractivity contribution in [3.05, 3.63) is 59.2 Å². The molecule has 0 aliphatic carbocycles. The number of benzene rings is 2. The molecule has 29 heavy (non-hydrogen) atoms. The van der Waals surface area contributed by atoms with Gasteiger partial charge >= 0.3 is 6.18 Å². The number of nitrogens with zero attached hydrogens (tertiary/aromatic N) is 4. The number of Topliss-reactive ketones (excluding diaryl/α,β-unsaturated/α-hetero) is 1. The maximum Gasteiger partial charge on any atom is 0.416 e. The van der Waals surface area contributed by atoms with Gasteiger partial charge in [-0.2, -0.15) is 18.0 Å². The van der Waals surface area contributed by atoms with Crippen LogP contribution in [0.3, 0.4) is 0 Å². The standard InChI is InChI=1S/C19H14F3N5O2/c1-10-14-8-11(5-6-15(14)23-18(10)29)16(28)9-27-25-17(24-26-27)12-3-2-4-13(7-12)19(20,21)22/h2-8,10H,9H2,1H3,(H,23,29)/t10-/m1/s1. The molecule has 0 saturated heterocycles. The lowest BCUT2D eigenvalue weighted by Crippen LogP contribution is -2.13. The third-order valence-corrected chi connectivity index (χ3v) is 4.68. The van der Waals surface area contributed by atoms with E-state index in [2.05, 4.69) is 20.7 Å². The number of carbonyl (C=O) groups excluding carboxylic acids is 2. The normalized spacial score (nSPS) is 15.9. The summed E-state index contributed by atoms with van der Waals surface area (Å²) in [6.07, 6.45) is -4.48. The van der Waals surface area contributed by atoms with Crippen LogP contribution in [0.25, 0.3) is 11.4 Å². The summed E-state index contributed by atoms with van der Waals surface area (Å²) < 4.78 is 38.6. The van der Waals surface area contributed by atoms with Crippen LogP contribution in [0.1, 0.15) is 34.3 Å². The third kappa shape index (κ3) is 3.60. The Morgan fingerprint density at radius 2 is 2.00 bits per heavy atom. The summed E-state index contributed by atoms with van der Waals surface area (Å²) in [6, 6.07) is 9.46. The zero-order valence-corrected chi connectivity index (χ0v) is 15.1. The molecule has 10 heteroatoms. The van der Waals surface area contributed by atoms with Crippen molar-refractivity contribution in [2.24, 2.45) is 0 Å². The third-order valence-electron chi connectivity index (χ3n) is 4.68. The van der Waals surface area contributed by atoms with Crippen LogP contribution in [0.15, 0.2) is 42.5 Å². The molecule has 0 bridgehead atoms. The molecule has 1 N–H and O–H groups in total. The highest BCUT2D eigenvalue weighted by Crippen LogP contribution is 2.33. The van der Waals surface area contributed by atoms with Crippen LogP contribution in [0.2, 0.25) is 0 Å². The van der Waals surface area contributed by atoms with Crippen LogP contribution in [-0.4, -0.2) is 31.9 Å². The molecule has 1 aromatic heterocycles. The maximum atomic E-state index is 12.9. The second-order valence-electron chi connectivity index (χ2n) is 6.66. The minimum absolute atomic E-state index is 0.0127. The summed E-state index contributed by atoms with van der Waals surface area (Å²) in [4.78, 5) is 25.3. The Bertz CT molecular complexity index is 1120. The van der Waals surface area contributed by atoms with Crippen molar-refractivity contribution in [1.82, 2.24) is 20.2 Å². The molecule has 1 aliphatic rings. The molecule has 148 valence electrons. The number of tetrazole rings is 1. The number of halogens is 3. The highest BCUT2D eigenvalue weighted by Gasteiger charge is 2.31. The van der Waals surface area contributed by atoms with Gasteiger partial charge in [-0.3, -0.25) is 9.59 Å². The average molecular weight is 401 g/mol. The summed E-state index contributed by atoms with van der Waals surface area (Å²) >= 11 is 0. The van der Waals surface area contributed by atoms with E-state index < -0.39 is 11.7 Å². The number of amides is 1. The fourth-order valence-electron chi connectivity index (χ4n) is 3.07. The molecule has 7 nitrogen and oxygen atoms in total. The van der Waals surface area contributed by atoms with Gasteiger partial charge in [0.05, 0.1) is 11.5 Å².